The lowest BCUT2D eigenvalue weighted by Crippen LogP contribution is -2.43. The second kappa shape index (κ2) is 10.7. The first-order chi connectivity index (χ1) is 15.2. The Balaban J connectivity index is 1.51. The summed E-state index contributed by atoms with van der Waals surface area (Å²) in [5.74, 6) is 0.946. The summed E-state index contributed by atoms with van der Waals surface area (Å²) in [6.45, 7) is 7.37. The minimum atomic E-state index is 0.112. The molecule has 1 aliphatic heterocycles. The molecule has 6 nitrogen and oxygen atoms in total. The van der Waals surface area contributed by atoms with E-state index in [4.69, 9.17) is 14.5 Å². The number of aryl methyl sites for hydroxylation is 1. The number of thiazole rings is 1. The van der Waals surface area contributed by atoms with Gasteiger partial charge in [-0.1, -0.05) is 41.7 Å². The molecule has 0 bridgehead atoms. The molecule has 1 aromatic heterocycles. The van der Waals surface area contributed by atoms with Crippen LogP contribution in [0.1, 0.15) is 18.9 Å². The van der Waals surface area contributed by atoms with E-state index < -0.39 is 0 Å². The Hall–Kier alpha value is -2.48. The number of rotatable bonds is 9. The van der Waals surface area contributed by atoms with E-state index in [1.807, 2.05) is 48.2 Å². The predicted molar refractivity (Wildman–Crippen MR) is 125 cm³/mol. The molecule has 0 spiro atoms. The van der Waals surface area contributed by atoms with Crippen molar-refractivity contribution in [3.63, 3.8) is 0 Å². The van der Waals surface area contributed by atoms with Gasteiger partial charge in [0.2, 0.25) is 5.91 Å². The quantitative estimate of drug-likeness (QED) is 0.505. The van der Waals surface area contributed by atoms with Gasteiger partial charge in [0.05, 0.1) is 30.0 Å². The van der Waals surface area contributed by atoms with Crippen molar-refractivity contribution in [1.29, 1.82) is 0 Å². The first-order valence-corrected chi connectivity index (χ1v) is 11.7. The summed E-state index contributed by atoms with van der Waals surface area (Å²) >= 11 is 1.55. The Bertz CT molecular complexity index is 986. The molecule has 31 heavy (non-hydrogen) atoms. The maximum atomic E-state index is 13.3. The van der Waals surface area contributed by atoms with E-state index >= 15 is 0 Å². The Morgan fingerprint density at radius 2 is 2.00 bits per heavy atom. The van der Waals surface area contributed by atoms with Crippen molar-refractivity contribution in [3.8, 4) is 5.75 Å². The van der Waals surface area contributed by atoms with Gasteiger partial charge >= 0.3 is 0 Å². The Morgan fingerprint density at radius 1 is 1.19 bits per heavy atom. The van der Waals surface area contributed by atoms with E-state index in [9.17, 15) is 4.79 Å². The van der Waals surface area contributed by atoms with E-state index in [-0.39, 0.29) is 5.91 Å². The normalized spacial score (nSPS) is 14.6. The number of hydrogen-bond acceptors (Lipinski definition) is 6. The van der Waals surface area contributed by atoms with Crippen LogP contribution in [0.15, 0.2) is 48.5 Å². The highest BCUT2D eigenvalue weighted by molar-refractivity contribution is 7.22. The smallest absolute Gasteiger partial charge is 0.229 e. The number of ether oxygens (including phenoxy) is 2. The fourth-order valence-electron chi connectivity index (χ4n) is 3.69. The molecule has 2 heterocycles. The van der Waals surface area contributed by atoms with Gasteiger partial charge in [0.15, 0.2) is 5.13 Å². The lowest BCUT2D eigenvalue weighted by molar-refractivity contribution is -0.118. The molecule has 3 aromatic rings. The van der Waals surface area contributed by atoms with Crippen LogP contribution in [0.5, 0.6) is 5.75 Å². The van der Waals surface area contributed by atoms with Gasteiger partial charge in [-0.2, -0.15) is 0 Å². The second-order valence-corrected chi connectivity index (χ2v) is 8.55. The first kappa shape index (κ1) is 21.7. The molecule has 0 saturated carbocycles. The van der Waals surface area contributed by atoms with E-state index in [0.717, 1.165) is 60.4 Å². The molecule has 1 amide bonds. The van der Waals surface area contributed by atoms with Gasteiger partial charge in [0, 0.05) is 32.6 Å². The summed E-state index contributed by atoms with van der Waals surface area (Å²) in [5.41, 5.74) is 2.07. The molecule has 0 atom stereocenters. The maximum absolute atomic E-state index is 13.3. The second-order valence-electron chi connectivity index (χ2n) is 7.54. The summed E-state index contributed by atoms with van der Waals surface area (Å²) in [5, 5.41) is 0.759. The highest BCUT2D eigenvalue weighted by Crippen LogP contribution is 2.32. The highest BCUT2D eigenvalue weighted by Gasteiger charge is 2.21. The lowest BCUT2D eigenvalue weighted by Gasteiger charge is -2.29. The number of nitrogens with zero attached hydrogens (tertiary/aromatic N) is 3. The zero-order valence-corrected chi connectivity index (χ0v) is 18.8. The third-order valence-electron chi connectivity index (χ3n) is 5.41. The Kier molecular flexibility index (Phi) is 7.51. The van der Waals surface area contributed by atoms with E-state index in [2.05, 4.69) is 17.0 Å². The molecule has 164 valence electrons. The van der Waals surface area contributed by atoms with E-state index in [1.165, 1.54) is 5.56 Å². The lowest BCUT2D eigenvalue weighted by atomic mass is 10.1. The summed E-state index contributed by atoms with van der Waals surface area (Å²) in [7, 11) is 0. The molecule has 0 N–H and O–H groups in total. The van der Waals surface area contributed by atoms with Gasteiger partial charge < -0.3 is 9.47 Å². The Morgan fingerprint density at radius 3 is 2.77 bits per heavy atom. The fourth-order valence-corrected chi connectivity index (χ4v) is 4.73. The maximum Gasteiger partial charge on any atom is 0.229 e. The molecule has 2 aromatic carbocycles. The topological polar surface area (TPSA) is 54.9 Å². The van der Waals surface area contributed by atoms with Crippen molar-refractivity contribution < 1.29 is 14.3 Å². The molecule has 7 heteroatoms. The summed E-state index contributed by atoms with van der Waals surface area (Å²) in [6, 6.07) is 16.1. The van der Waals surface area contributed by atoms with Gasteiger partial charge in [-0.15, -0.1) is 0 Å². The van der Waals surface area contributed by atoms with E-state index in [1.54, 1.807) is 11.3 Å². The van der Waals surface area contributed by atoms with Gasteiger partial charge in [-0.3, -0.25) is 14.6 Å². The molecule has 1 aliphatic rings. The fraction of sp³-hybridized carbons (Fsp3) is 0.417. The van der Waals surface area contributed by atoms with Crippen LogP contribution in [0.2, 0.25) is 0 Å². The van der Waals surface area contributed by atoms with Crippen LogP contribution in [0.3, 0.4) is 0 Å². The number of fused-ring (bicyclic) bond motifs is 1. The number of hydrogen-bond donors (Lipinski definition) is 0. The minimum Gasteiger partial charge on any atom is -0.494 e. The molecule has 4 rings (SSSR count). The molecular formula is C24H29N3O3S. The number of carbonyl (C=O) groups is 1. The minimum absolute atomic E-state index is 0.112. The van der Waals surface area contributed by atoms with Crippen molar-refractivity contribution in [1.82, 2.24) is 9.88 Å². The van der Waals surface area contributed by atoms with Gasteiger partial charge in [0.25, 0.3) is 0 Å². The molecule has 1 saturated heterocycles. The highest BCUT2D eigenvalue weighted by atomic mass is 32.1. The van der Waals surface area contributed by atoms with Crippen molar-refractivity contribution in [2.24, 2.45) is 0 Å². The molecule has 0 unspecified atom stereocenters. The zero-order valence-electron chi connectivity index (χ0n) is 18.0. The van der Waals surface area contributed by atoms with Crippen molar-refractivity contribution in [2.75, 3.05) is 50.9 Å². The number of morpholine rings is 1. The average molecular weight is 440 g/mol. The molecule has 0 radical (unpaired) electrons. The van der Waals surface area contributed by atoms with Crippen LogP contribution < -0.4 is 9.64 Å². The van der Waals surface area contributed by atoms with Crippen LogP contribution in [0.25, 0.3) is 10.2 Å². The SMILES string of the molecule is CCOc1ccc2nc(N(CCN3CCOCC3)C(=O)CCc3ccccc3)sc2c1. The number of anilines is 1. The molecule has 1 fully saturated rings. The van der Waals surface area contributed by atoms with E-state index in [0.29, 0.717) is 19.6 Å². The van der Waals surface area contributed by atoms with Crippen LogP contribution in [-0.4, -0.2) is 61.8 Å². The third-order valence-corrected chi connectivity index (χ3v) is 6.45. The Labute approximate surface area is 187 Å². The largest absolute Gasteiger partial charge is 0.494 e. The van der Waals surface area contributed by atoms with Crippen LogP contribution in [0, 0.1) is 0 Å². The van der Waals surface area contributed by atoms with Crippen molar-refractivity contribution in [2.45, 2.75) is 19.8 Å². The summed E-state index contributed by atoms with van der Waals surface area (Å²) in [6.07, 6.45) is 1.19. The van der Waals surface area contributed by atoms with Crippen molar-refractivity contribution >= 4 is 32.6 Å². The van der Waals surface area contributed by atoms with Crippen LogP contribution in [0.4, 0.5) is 5.13 Å². The molecular weight excluding hydrogens is 410 g/mol. The number of aromatic nitrogens is 1. The first-order valence-electron chi connectivity index (χ1n) is 10.9. The third kappa shape index (κ3) is 5.81. The standard InChI is InChI=1S/C24H29N3O3S/c1-2-30-20-9-10-21-22(18-20)31-24(25-21)27(13-12-26-14-16-29-17-15-26)23(28)11-8-19-6-4-3-5-7-19/h3-7,9-10,18H,2,8,11-17H2,1H3. The monoisotopic (exact) mass is 439 g/mol. The summed E-state index contributed by atoms with van der Waals surface area (Å²) < 4.78 is 12.1. The molecule has 0 aliphatic carbocycles. The summed E-state index contributed by atoms with van der Waals surface area (Å²) in [4.78, 5) is 22.3. The van der Waals surface area contributed by atoms with Crippen LogP contribution >= 0.6 is 11.3 Å². The van der Waals surface area contributed by atoms with Gasteiger partial charge in [0.1, 0.15) is 5.75 Å². The predicted octanol–water partition coefficient (Wildman–Crippen LogP) is 3.99. The number of amides is 1. The van der Waals surface area contributed by atoms with Gasteiger partial charge in [-0.05, 0) is 37.1 Å². The van der Waals surface area contributed by atoms with Gasteiger partial charge in [-0.25, -0.2) is 4.98 Å². The average Bonchev–Trinajstić information content (AvgIpc) is 3.22. The number of benzene rings is 2. The number of carbonyl (C=O) groups excluding carboxylic acids is 1. The van der Waals surface area contributed by atoms with Crippen LogP contribution in [-0.2, 0) is 16.0 Å². The zero-order chi connectivity index (χ0) is 21.5. The van der Waals surface area contributed by atoms with Crippen molar-refractivity contribution in [3.05, 3.63) is 54.1 Å².